The van der Waals surface area contributed by atoms with Crippen molar-refractivity contribution in [2.24, 2.45) is 5.92 Å². The average molecular weight is 331 g/mol. The Morgan fingerprint density at radius 1 is 1.29 bits per heavy atom. The number of benzene rings is 1. The summed E-state index contributed by atoms with van der Waals surface area (Å²) in [6.07, 6.45) is 5.78. The van der Waals surface area contributed by atoms with Crippen LogP contribution in [0.25, 0.3) is 0 Å². The van der Waals surface area contributed by atoms with Crippen molar-refractivity contribution in [3.8, 4) is 0 Å². The van der Waals surface area contributed by atoms with Crippen LogP contribution in [0.1, 0.15) is 44.6 Å². The van der Waals surface area contributed by atoms with E-state index in [0.717, 1.165) is 12.8 Å². The van der Waals surface area contributed by atoms with Gasteiger partial charge in [-0.05, 0) is 50.3 Å². The van der Waals surface area contributed by atoms with Gasteiger partial charge < -0.3 is 5.73 Å². The van der Waals surface area contributed by atoms with Gasteiger partial charge in [0, 0.05) is 16.8 Å². The molecule has 118 valence electrons. The molecular weight excluding hydrogens is 308 g/mol. The zero-order chi connectivity index (χ0) is 15.6. The van der Waals surface area contributed by atoms with Crippen LogP contribution in [-0.2, 0) is 10.0 Å². The van der Waals surface area contributed by atoms with Gasteiger partial charge in [-0.1, -0.05) is 30.9 Å². The lowest BCUT2D eigenvalue weighted by atomic mass is 9.85. The molecule has 1 fully saturated rings. The van der Waals surface area contributed by atoms with Crippen LogP contribution >= 0.6 is 11.6 Å². The molecular formula is C15H23ClN2O2S. The zero-order valence-electron chi connectivity index (χ0n) is 12.5. The quantitative estimate of drug-likeness (QED) is 0.830. The van der Waals surface area contributed by atoms with Crippen LogP contribution in [0.2, 0.25) is 5.02 Å². The molecule has 6 heteroatoms. The van der Waals surface area contributed by atoms with Gasteiger partial charge in [0.15, 0.2) is 0 Å². The van der Waals surface area contributed by atoms with Gasteiger partial charge in [0.1, 0.15) is 0 Å². The van der Waals surface area contributed by atoms with Crippen LogP contribution in [0.5, 0.6) is 0 Å². The lowest BCUT2D eigenvalue weighted by Gasteiger charge is -2.28. The van der Waals surface area contributed by atoms with Crippen LogP contribution in [0, 0.1) is 12.8 Å². The second kappa shape index (κ2) is 6.55. The maximum Gasteiger partial charge on any atom is 0.240 e. The molecule has 0 heterocycles. The van der Waals surface area contributed by atoms with Crippen molar-refractivity contribution in [1.29, 1.82) is 0 Å². The van der Waals surface area contributed by atoms with E-state index < -0.39 is 10.0 Å². The van der Waals surface area contributed by atoms with E-state index in [1.165, 1.54) is 31.4 Å². The van der Waals surface area contributed by atoms with Gasteiger partial charge in [-0.2, -0.15) is 0 Å². The highest BCUT2D eigenvalue weighted by Crippen LogP contribution is 2.29. The number of nitrogen functional groups attached to an aromatic ring is 1. The lowest BCUT2D eigenvalue weighted by Crippen LogP contribution is -2.38. The fraction of sp³-hybridized carbons (Fsp3) is 0.600. The summed E-state index contributed by atoms with van der Waals surface area (Å²) in [6, 6.07) is 2.86. The summed E-state index contributed by atoms with van der Waals surface area (Å²) in [4.78, 5) is 0.137. The van der Waals surface area contributed by atoms with Gasteiger partial charge in [-0.25, -0.2) is 13.1 Å². The molecule has 0 aromatic heterocycles. The highest BCUT2D eigenvalue weighted by molar-refractivity contribution is 7.89. The number of nitrogens with two attached hydrogens (primary N) is 1. The Balaban J connectivity index is 2.18. The molecule has 21 heavy (non-hydrogen) atoms. The van der Waals surface area contributed by atoms with Crippen molar-refractivity contribution in [3.05, 3.63) is 22.7 Å². The molecule has 1 aliphatic carbocycles. The monoisotopic (exact) mass is 330 g/mol. The molecule has 3 N–H and O–H groups in total. The van der Waals surface area contributed by atoms with E-state index in [4.69, 9.17) is 17.3 Å². The summed E-state index contributed by atoms with van der Waals surface area (Å²) in [5.74, 6) is 0.409. The van der Waals surface area contributed by atoms with Crippen LogP contribution in [0.15, 0.2) is 17.0 Å². The van der Waals surface area contributed by atoms with Gasteiger partial charge >= 0.3 is 0 Å². The summed E-state index contributed by atoms with van der Waals surface area (Å²) in [5, 5.41) is 0.376. The first kappa shape index (κ1) is 16.6. The maximum atomic E-state index is 12.5. The van der Waals surface area contributed by atoms with Crippen molar-refractivity contribution in [2.45, 2.75) is 56.9 Å². The predicted octanol–water partition coefficient (Wildman–Crippen LogP) is 3.48. The summed E-state index contributed by atoms with van der Waals surface area (Å²) in [5.41, 5.74) is 6.92. The standard InChI is InChI=1S/C15H23ClN2O2S/c1-10-14(16)8-13(9-15(10)17)21(19,20)18-11(2)12-6-4-3-5-7-12/h8-9,11-12,18H,3-7,17H2,1-2H3. The minimum atomic E-state index is -3.59. The third-order valence-corrected chi connectivity index (χ3v) is 6.30. The van der Waals surface area contributed by atoms with Gasteiger partial charge in [-0.15, -0.1) is 0 Å². The van der Waals surface area contributed by atoms with E-state index in [1.807, 2.05) is 6.92 Å². The smallest absolute Gasteiger partial charge is 0.240 e. The molecule has 0 bridgehead atoms. The molecule has 2 rings (SSSR count). The van der Waals surface area contributed by atoms with E-state index in [2.05, 4.69) is 4.72 Å². The number of rotatable bonds is 4. The van der Waals surface area contributed by atoms with Crippen molar-refractivity contribution in [2.75, 3.05) is 5.73 Å². The third-order valence-electron chi connectivity index (χ3n) is 4.37. The minimum absolute atomic E-state index is 0.0726. The number of nitrogens with one attached hydrogen (secondary N) is 1. The number of hydrogen-bond acceptors (Lipinski definition) is 3. The van der Waals surface area contributed by atoms with Crippen LogP contribution in [0.3, 0.4) is 0 Å². The van der Waals surface area contributed by atoms with Crippen molar-refractivity contribution < 1.29 is 8.42 Å². The van der Waals surface area contributed by atoms with E-state index in [9.17, 15) is 8.42 Å². The van der Waals surface area contributed by atoms with Gasteiger partial charge in [-0.3, -0.25) is 0 Å². The second-order valence-corrected chi connectivity index (χ2v) is 8.05. The molecule has 1 saturated carbocycles. The molecule has 0 spiro atoms. The van der Waals surface area contributed by atoms with E-state index in [-0.39, 0.29) is 10.9 Å². The van der Waals surface area contributed by atoms with Crippen LogP contribution in [0.4, 0.5) is 5.69 Å². The first-order valence-electron chi connectivity index (χ1n) is 7.39. The van der Waals surface area contributed by atoms with Crippen molar-refractivity contribution >= 4 is 27.3 Å². The van der Waals surface area contributed by atoms with Gasteiger partial charge in [0.2, 0.25) is 10.0 Å². The Labute approximate surface area is 132 Å². The van der Waals surface area contributed by atoms with E-state index >= 15 is 0 Å². The van der Waals surface area contributed by atoms with Crippen molar-refractivity contribution in [1.82, 2.24) is 4.72 Å². The fourth-order valence-electron chi connectivity index (χ4n) is 2.87. The van der Waals surface area contributed by atoms with Crippen molar-refractivity contribution in [3.63, 3.8) is 0 Å². The summed E-state index contributed by atoms with van der Waals surface area (Å²) in [6.45, 7) is 3.71. The fourth-order valence-corrected chi connectivity index (χ4v) is 4.54. The molecule has 0 aliphatic heterocycles. The molecule has 1 aromatic carbocycles. The zero-order valence-corrected chi connectivity index (χ0v) is 14.1. The predicted molar refractivity (Wildman–Crippen MR) is 87.0 cm³/mol. The molecule has 1 aromatic rings. The Kier molecular flexibility index (Phi) is 5.17. The molecule has 0 saturated heterocycles. The minimum Gasteiger partial charge on any atom is -0.398 e. The largest absolute Gasteiger partial charge is 0.398 e. The Hall–Kier alpha value is -0.780. The Morgan fingerprint density at radius 2 is 1.90 bits per heavy atom. The highest BCUT2D eigenvalue weighted by Gasteiger charge is 2.25. The number of halogens is 1. The molecule has 0 radical (unpaired) electrons. The van der Waals surface area contributed by atoms with Gasteiger partial charge in [0.25, 0.3) is 0 Å². The average Bonchev–Trinajstić information content (AvgIpc) is 2.44. The maximum absolute atomic E-state index is 12.5. The molecule has 0 amide bonds. The summed E-state index contributed by atoms with van der Waals surface area (Å²) < 4.78 is 27.7. The molecule has 1 atom stereocenters. The Bertz CT molecular complexity index is 587. The normalized spacial score (nSPS) is 18.6. The van der Waals surface area contributed by atoms with Crippen LogP contribution < -0.4 is 10.5 Å². The summed E-state index contributed by atoms with van der Waals surface area (Å²) in [7, 11) is -3.59. The number of anilines is 1. The summed E-state index contributed by atoms with van der Waals surface area (Å²) >= 11 is 6.04. The Morgan fingerprint density at radius 3 is 2.48 bits per heavy atom. The third kappa shape index (κ3) is 3.90. The molecule has 4 nitrogen and oxygen atoms in total. The SMILES string of the molecule is Cc1c(N)cc(S(=O)(=O)NC(C)C2CCCCC2)cc1Cl. The first-order valence-corrected chi connectivity index (χ1v) is 9.25. The topological polar surface area (TPSA) is 72.2 Å². The number of sulfonamides is 1. The molecule has 1 unspecified atom stereocenters. The van der Waals surface area contributed by atoms with E-state index in [0.29, 0.717) is 22.2 Å². The second-order valence-electron chi connectivity index (χ2n) is 5.93. The highest BCUT2D eigenvalue weighted by atomic mass is 35.5. The number of hydrogen-bond donors (Lipinski definition) is 2. The lowest BCUT2D eigenvalue weighted by molar-refractivity contribution is 0.303. The molecule has 1 aliphatic rings. The van der Waals surface area contributed by atoms with E-state index in [1.54, 1.807) is 6.92 Å². The van der Waals surface area contributed by atoms with Gasteiger partial charge in [0.05, 0.1) is 4.90 Å². The van der Waals surface area contributed by atoms with Crippen LogP contribution in [-0.4, -0.2) is 14.5 Å². The first-order chi connectivity index (χ1) is 9.81.